The smallest absolute Gasteiger partial charge is 0.349 e. The highest BCUT2D eigenvalue weighted by Gasteiger charge is 2.23. The van der Waals surface area contributed by atoms with E-state index in [0.717, 1.165) is 18.4 Å². The van der Waals surface area contributed by atoms with Crippen LogP contribution in [0.25, 0.3) is 11.4 Å². The van der Waals surface area contributed by atoms with Crippen LogP contribution >= 0.6 is 11.3 Å². The summed E-state index contributed by atoms with van der Waals surface area (Å²) in [5.41, 5.74) is 2.06. The quantitative estimate of drug-likeness (QED) is 0.604. The molecular weight excluding hydrogens is 362 g/mol. The number of aryl methyl sites for hydroxylation is 2. The maximum absolute atomic E-state index is 12.6. The average molecular weight is 383 g/mol. The van der Waals surface area contributed by atoms with Crippen molar-refractivity contribution in [2.24, 2.45) is 0 Å². The number of nitrogens with zero attached hydrogens (tertiary/aromatic N) is 3. The van der Waals surface area contributed by atoms with Crippen molar-refractivity contribution in [1.82, 2.24) is 15.1 Å². The van der Waals surface area contributed by atoms with Gasteiger partial charge in [0.05, 0.1) is 0 Å². The van der Waals surface area contributed by atoms with Crippen LogP contribution in [0.4, 0.5) is 0 Å². The Hall–Kier alpha value is -2.54. The highest BCUT2D eigenvalue weighted by Crippen LogP contribution is 2.30. The van der Waals surface area contributed by atoms with E-state index in [1.807, 2.05) is 12.1 Å². The van der Waals surface area contributed by atoms with E-state index in [9.17, 15) is 4.79 Å². The fourth-order valence-electron chi connectivity index (χ4n) is 3.23. The van der Waals surface area contributed by atoms with Crippen LogP contribution in [0.5, 0.6) is 0 Å². The first-order valence-corrected chi connectivity index (χ1v) is 10.1. The zero-order valence-corrected chi connectivity index (χ0v) is 16.0. The van der Waals surface area contributed by atoms with E-state index in [0.29, 0.717) is 10.7 Å². The lowest BCUT2D eigenvalue weighted by Crippen LogP contribution is -2.08. The highest BCUT2D eigenvalue weighted by atomic mass is 32.1. The number of hydrogen-bond donors (Lipinski definition) is 0. The molecule has 6 nitrogen and oxygen atoms in total. The summed E-state index contributed by atoms with van der Waals surface area (Å²) in [5, 5.41) is 3.95. The molecule has 3 aromatic heterocycles. The Morgan fingerprint density at radius 3 is 2.93 bits per heavy atom. The molecule has 1 aliphatic rings. The lowest BCUT2D eigenvalue weighted by atomic mass is 10.00. The molecular formula is C20H21N3O3S. The van der Waals surface area contributed by atoms with Crippen LogP contribution in [-0.4, -0.2) is 21.1 Å². The summed E-state index contributed by atoms with van der Waals surface area (Å²) in [6.45, 7) is 1.74. The SMILES string of the molecule is CC(OC(=O)c1cc2c(s1)CCCCCC2)c1nc(-c2cccnc2)no1. The van der Waals surface area contributed by atoms with Crippen LogP contribution < -0.4 is 0 Å². The molecule has 4 rings (SSSR count). The lowest BCUT2D eigenvalue weighted by Gasteiger charge is -2.07. The fraction of sp³-hybridized carbons (Fsp3) is 0.400. The summed E-state index contributed by atoms with van der Waals surface area (Å²) in [6.07, 6.45) is 9.75. The van der Waals surface area contributed by atoms with Gasteiger partial charge in [-0.3, -0.25) is 4.98 Å². The number of aromatic nitrogens is 3. The predicted octanol–water partition coefficient (Wildman–Crippen LogP) is 4.77. The van der Waals surface area contributed by atoms with Crippen molar-refractivity contribution in [1.29, 1.82) is 0 Å². The van der Waals surface area contributed by atoms with Gasteiger partial charge in [-0.05, 0) is 56.4 Å². The van der Waals surface area contributed by atoms with Gasteiger partial charge in [-0.1, -0.05) is 18.0 Å². The van der Waals surface area contributed by atoms with Gasteiger partial charge >= 0.3 is 5.97 Å². The van der Waals surface area contributed by atoms with Gasteiger partial charge < -0.3 is 9.26 Å². The van der Waals surface area contributed by atoms with Gasteiger partial charge in [-0.25, -0.2) is 4.79 Å². The van der Waals surface area contributed by atoms with Crippen LogP contribution in [0, 0.1) is 0 Å². The normalized spacial score (nSPS) is 15.4. The van der Waals surface area contributed by atoms with Crippen molar-refractivity contribution in [3.8, 4) is 11.4 Å². The Morgan fingerprint density at radius 1 is 1.26 bits per heavy atom. The summed E-state index contributed by atoms with van der Waals surface area (Å²) in [7, 11) is 0. The van der Waals surface area contributed by atoms with Crippen LogP contribution in [0.3, 0.4) is 0 Å². The molecule has 0 radical (unpaired) electrons. The second-order valence-corrected chi connectivity index (χ2v) is 7.86. The Kier molecular flexibility index (Phi) is 5.29. The molecule has 27 heavy (non-hydrogen) atoms. The minimum absolute atomic E-state index is 0.275. The standard InChI is InChI=1S/C20H21N3O3S/c1-13(19-22-18(23-26-19)15-8-6-10-21-12-15)25-20(24)17-11-14-7-4-2-3-5-9-16(14)27-17/h6,8,10-13H,2-5,7,9H2,1H3. The van der Waals surface area contributed by atoms with E-state index in [1.165, 1.54) is 36.1 Å². The number of thiophene rings is 1. The first-order chi connectivity index (χ1) is 13.2. The van der Waals surface area contributed by atoms with Gasteiger partial charge in [0.15, 0.2) is 6.10 Å². The molecule has 3 heterocycles. The summed E-state index contributed by atoms with van der Waals surface area (Å²) < 4.78 is 10.8. The molecule has 1 atom stereocenters. The maximum Gasteiger partial charge on any atom is 0.349 e. The summed E-state index contributed by atoms with van der Waals surface area (Å²) in [5.74, 6) is 0.373. The number of carbonyl (C=O) groups is 1. The Bertz CT molecular complexity index is 894. The minimum atomic E-state index is -0.611. The van der Waals surface area contributed by atoms with E-state index in [1.54, 1.807) is 36.7 Å². The zero-order chi connectivity index (χ0) is 18.6. The second kappa shape index (κ2) is 8.00. The van der Waals surface area contributed by atoms with E-state index in [4.69, 9.17) is 9.26 Å². The van der Waals surface area contributed by atoms with Gasteiger partial charge in [0.25, 0.3) is 5.89 Å². The maximum atomic E-state index is 12.6. The third-order valence-electron chi connectivity index (χ3n) is 4.69. The number of carbonyl (C=O) groups excluding carboxylic acids is 1. The van der Waals surface area contributed by atoms with Crippen molar-refractivity contribution in [3.05, 3.63) is 51.8 Å². The summed E-state index contributed by atoms with van der Waals surface area (Å²) >= 11 is 1.56. The zero-order valence-electron chi connectivity index (χ0n) is 15.2. The monoisotopic (exact) mass is 383 g/mol. The molecule has 3 aromatic rings. The summed E-state index contributed by atoms with van der Waals surface area (Å²) in [4.78, 5) is 22.9. The van der Waals surface area contributed by atoms with Crippen molar-refractivity contribution < 1.29 is 14.1 Å². The third kappa shape index (κ3) is 4.08. The molecule has 140 valence electrons. The topological polar surface area (TPSA) is 78.1 Å². The molecule has 0 amide bonds. The first-order valence-electron chi connectivity index (χ1n) is 9.27. The predicted molar refractivity (Wildman–Crippen MR) is 102 cm³/mol. The number of esters is 1. The van der Waals surface area contributed by atoms with Gasteiger partial charge in [0.2, 0.25) is 5.82 Å². The third-order valence-corrected chi connectivity index (χ3v) is 5.91. The molecule has 0 aromatic carbocycles. The van der Waals surface area contributed by atoms with Crippen molar-refractivity contribution >= 4 is 17.3 Å². The number of ether oxygens (including phenoxy) is 1. The first kappa shape index (κ1) is 17.9. The molecule has 0 fully saturated rings. The molecule has 0 saturated carbocycles. The summed E-state index contributed by atoms with van der Waals surface area (Å²) in [6, 6.07) is 5.65. The lowest BCUT2D eigenvalue weighted by molar-refractivity contribution is 0.0271. The van der Waals surface area contributed by atoms with Gasteiger partial charge in [0, 0.05) is 22.8 Å². The largest absolute Gasteiger partial charge is 0.448 e. The molecule has 0 N–H and O–H groups in total. The Balaban J connectivity index is 1.45. The van der Waals surface area contributed by atoms with Crippen molar-refractivity contribution in [2.45, 2.75) is 51.6 Å². The molecule has 0 saturated heterocycles. The average Bonchev–Trinajstić information content (AvgIpc) is 3.30. The van der Waals surface area contributed by atoms with E-state index in [-0.39, 0.29) is 11.9 Å². The highest BCUT2D eigenvalue weighted by molar-refractivity contribution is 7.14. The number of hydrogen-bond acceptors (Lipinski definition) is 7. The van der Waals surface area contributed by atoms with E-state index in [2.05, 4.69) is 15.1 Å². The van der Waals surface area contributed by atoms with Crippen LogP contribution in [-0.2, 0) is 17.6 Å². The molecule has 1 unspecified atom stereocenters. The van der Waals surface area contributed by atoms with Crippen LogP contribution in [0.1, 0.15) is 64.7 Å². The molecule has 7 heteroatoms. The van der Waals surface area contributed by atoms with Gasteiger partial charge in [-0.2, -0.15) is 4.98 Å². The molecule has 0 spiro atoms. The van der Waals surface area contributed by atoms with Crippen LogP contribution in [0.2, 0.25) is 0 Å². The van der Waals surface area contributed by atoms with Crippen molar-refractivity contribution in [2.75, 3.05) is 0 Å². The van der Waals surface area contributed by atoms with Crippen LogP contribution in [0.15, 0.2) is 35.1 Å². The Morgan fingerprint density at radius 2 is 2.11 bits per heavy atom. The second-order valence-electron chi connectivity index (χ2n) is 6.72. The molecule has 0 bridgehead atoms. The molecule has 1 aliphatic carbocycles. The minimum Gasteiger partial charge on any atom is -0.448 e. The van der Waals surface area contributed by atoms with Crippen molar-refractivity contribution in [3.63, 3.8) is 0 Å². The van der Waals surface area contributed by atoms with E-state index < -0.39 is 6.10 Å². The molecule has 0 aliphatic heterocycles. The van der Waals surface area contributed by atoms with E-state index >= 15 is 0 Å². The number of rotatable bonds is 4. The van der Waals surface area contributed by atoms with Gasteiger partial charge in [0.1, 0.15) is 4.88 Å². The van der Waals surface area contributed by atoms with Gasteiger partial charge in [-0.15, -0.1) is 11.3 Å². The number of pyridine rings is 1. The fourth-order valence-corrected chi connectivity index (χ4v) is 4.36. The Labute approximate surface area is 161 Å². The number of fused-ring (bicyclic) bond motifs is 1.